The van der Waals surface area contributed by atoms with Crippen molar-refractivity contribution in [1.82, 2.24) is 15.6 Å². The molecule has 152 valence electrons. The van der Waals surface area contributed by atoms with E-state index in [1.165, 1.54) is 0 Å². The van der Waals surface area contributed by atoms with Gasteiger partial charge in [-0.1, -0.05) is 11.6 Å². The van der Waals surface area contributed by atoms with Crippen molar-refractivity contribution in [3.05, 3.63) is 23.4 Å². The lowest BCUT2D eigenvalue weighted by molar-refractivity contribution is 0.586. The van der Waals surface area contributed by atoms with Gasteiger partial charge in [-0.05, 0) is 37.8 Å². The molecule has 2 unspecified atom stereocenters. The lowest BCUT2D eigenvalue weighted by atomic mass is 10.1. The minimum absolute atomic E-state index is 0. The van der Waals surface area contributed by atoms with Crippen molar-refractivity contribution in [1.29, 1.82) is 0 Å². The Morgan fingerprint density at radius 2 is 2.26 bits per heavy atom. The minimum Gasteiger partial charge on any atom is -0.357 e. The zero-order chi connectivity index (χ0) is 18.6. The highest BCUT2D eigenvalue weighted by Crippen LogP contribution is 2.25. The van der Waals surface area contributed by atoms with Gasteiger partial charge in [0.15, 0.2) is 15.8 Å². The third-order valence-electron chi connectivity index (χ3n) is 4.75. The molecule has 2 aliphatic heterocycles. The van der Waals surface area contributed by atoms with Crippen LogP contribution < -0.4 is 15.5 Å². The zero-order valence-electron chi connectivity index (χ0n) is 15.4. The average molecular weight is 528 g/mol. The van der Waals surface area contributed by atoms with Gasteiger partial charge in [0.2, 0.25) is 0 Å². The van der Waals surface area contributed by atoms with E-state index in [0.29, 0.717) is 23.7 Å². The Hall–Kier alpha value is -0.810. The van der Waals surface area contributed by atoms with Gasteiger partial charge in [-0.25, -0.2) is 13.4 Å². The van der Waals surface area contributed by atoms with Crippen LogP contribution in [0.15, 0.2) is 23.3 Å². The van der Waals surface area contributed by atoms with E-state index in [1.54, 1.807) is 6.20 Å². The first kappa shape index (κ1) is 22.5. The molecule has 0 aliphatic carbocycles. The zero-order valence-corrected chi connectivity index (χ0v) is 19.3. The summed E-state index contributed by atoms with van der Waals surface area (Å²) in [6.45, 7) is 5.01. The standard InChI is InChI=1S/C17H26ClN5O2S.HI/c1-2-19-17(21-10-13-6-9-26(24,25)12-13)22-14-5-8-23(11-14)16-15(18)4-3-7-20-16;/h3-4,7,13-14H,2,5-6,8-12H2,1H3,(H2,19,21,22);1H. The fourth-order valence-electron chi connectivity index (χ4n) is 3.43. The van der Waals surface area contributed by atoms with Crippen molar-refractivity contribution in [3.63, 3.8) is 0 Å². The largest absolute Gasteiger partial charge is 0.357 e. The van der Waals surface area contributed by atoms with Crippen LogP contribution in [-0.4, -0.2) is 63.1 Å². The van der Waals surface area contributed by atoms with Crippen LogP contribution in [0.4, 0.5) is 5.82 Å². The van der Waals surface area contributed by atoms with E-state index < -0.39 is 9.84 Å². The molecular formula is C17H27ClIN5O2S. The summed E-state index contributed by atoms with van der Waals surface area (Å²) in [5, 5.41) is 7.37. The lowest BCUT2D eigenvalue weighted by Gasteiger charge is -2.20. The van der Waals surface area contributed by atoms with Gasteiger partial charge in [0, 0.05) is 38.4 Å². The predicted molar refractivity (Wildman–Crippen MR) is 121 cm³/mol. The number of pyridine rings is 1. The van der Waals surface area contributed by atoms with E-state index in [2.05, 4.69) is 25.5 Å². The predicted octanol–water partition coefficient (Wildman–Crippen LogP) is 1.92. The van der Waals surface area contributed by atoms with Gasteiger partial charge in [-0.15, -0.1) is 24.0 Å². The Morgan fingerprint density at radius 1 is 1.44 bits per heavy atom. The van der Waals surface area contributed by atoms with E-state index >= 15 is 0 Å². The molecule has 1 aromatic rings. The van der Waals surface area contributed by atoms with Crippen molar-refractivity contribution in [2.45, 2.75) is 25.8 Å². The third-order valence-corrected chi connectivity index (χ3v) is 6.88. The molecule has 2 saturated heterocycles. The van der Waals surface area contributed by atoms with E-state index in [9.17, 15) is 8.42 Å². The fourth-order valence-corrected chi connectivity index (χ4v) is 5.52. The van der Waals surface area contributed by atoms with Crippen LogP contribution in [0.3, 0.4) is 0 Å². The van der Waals surface area contributed by atoms with Crippen molar-refractivity contribution in [2.75, 3.05) is 42.6 Å². The molecule has 0 spiro atoms. The molecule has 2 N–H and O–H groups in total. The summed E-state index contributed by atoms with van der Waals surface area (Å²) in [7, 11) is -2.86. The van der Waals surface area contributed by atoms with Gasteiger partial charge in [-0.2, -0.15) is 0 Å². The fraction of sp³-hybridized carbons (Fsp3) is 0.647. The van der Waals surface area contributed by atoms with Crippen LogP contribution in [0.5, 0.6) is 0 Å². The maximum atomic E-state index is 11.6. The Morgan fingerprint density at radius 3 is 2.93 bits per heavy atom. The van der Waals surface area contributed by atoms with Crippen LogP contribution in [0.2, 0.25) is 5.02 Å². The molecule has 0 radical (unpaired) electrons. The minimum atomic E-state index is -2.86. The summed E-state index contributed by atoms with van der Waals surface area (Å²) in [6.07, 6.45) is 3.43. The molecule has 27 heavy (non-hydrogen) atoms. The average Bonchev–Trinajstić information content (AvgIpc) is 3.19. The number of aliphatic imine (C=N–C) groups is 1. The molecule has 0 aromatic carbocycles. The van der Waals surface area contributed by atoms with Gasteiger partial charge >= 0.3 is 0 Å². The smallest absolute Gasteiger partial charge is 0.191 e. The van der Waals surface area contributed by atoms with Gasteiger partial charge < -0.3 is 15.5 Å². The van der Waals surface area contributed by atoms with Crippen molar-refractivity contribution >= 4 is 57.2 Å². The Balaban J connectivity index is 0.00000261. The molecule has 10 heteroatoms. The second-order valence-corrected chi connectivity index (χ2v) is 9.51. The summed E-state index contributed by atoms with van der Waals surface area (Å²) in [4.78, 5) is 11.2. The molecule has 1 aromatic heterocycles. The lowest BCUT2D eigenvalue weighted by Crippen LogP contribution is -2.45. The first-order valence-electron chi connectivity index (χ1n) is 9.07. The summed E-state index contributed by atoms with van der Waals surface area (Å²) in [5.41, 5.74) is 0. The molecule has 0 bridgehead atoms. The molecule has 2 aliphatic rings. The second kappa shape index (κ2) is 10.1. The van der Waals surface area contributed by atoms with Crippen LogP contribution in [0, 0.1) is 5.92 Å². The van der Waals surface area contributed by atoms with Crippen LogP contribution in [0.1, 0.15) is 19.8 Å². The van der Waals surface area contributed by atoms with E-state index in [1.807, 2.05) is 19.1 Å². The van der Waals surface area contributed by atoms with Gasteiger partial charge in [0.25, 0.3) is 0 Å². The summed E-state index contributed by atoms with van der Waals surface area (Å²) in [6, 6.07) is 3.93. The van der Waals surface area contributed by atoms with E-state index in [0.717, 1.165) is 37.8 Å². The topological polar surface area (TPSA) is 86.7 Å². The number of aromatic nitrogens is 1. The molecule has 2 fully saturated rings. The summed E-state index contributed by atoms with van der Waals surface area (Å²) < 4.78 is 23.2. The number of nitrogens with zero attached hydrogens (tertiary/aromatic N) is 3. The number of hydrogen-bond donors (Lipinski definition) is 2. The quantitative estimate of drug-likeness (QED) is 0.346. The summed E-state index contributed by atoms with van der Waals surface area (Å²) in [5.74, 6) is 2.24. The van der Waals surface area contributed by atoms with E-state index in [4.69, 9.17) is 11.6 Å². The first-order valence-corrected chi connectivity index (χ1v) is 11.3. The van der Waals surface area contributed by atoms with Gasteiger partial charge in [-0.3, -0.25) is 4.99 Å². The monoisotopic (exact) mass is 527 g/mol. The maximum absolute atomic E-state index is 11.6. The number of rotatable bonds is 5. The maximum Gasteiger partial charge on any atom is 0.191 e. The summed E-state index contributed by atoms with van der Waals surface area (Å²) >= 11 is 6.24. The molecule has 0 saturated carbocycles. The number of anilines is 1. The van der Waals surface area contributed by atoms with Gasteiger partial charge in [0.1, 0.15) is 5.82 Å². The number of halogens is 2. The Labute approximate surface area is 183 Å². The highest BCUT2D eigenvalue weighted by Gasteiger charge is 2.28. The first-order chi connectivity index (χ1) is 12.5. The molecule has 3 heterocycles. The highest BCUT2D eigenvalue weighted by atomic mass is 127. The van der Waals surface area contributed by atoms with E-state index in [-0.39, 0.29) is 41.7 Å². The van der Waals surface area contributed by atoms with Crippen LogP contribution in [-0.2, 0) is 9.84 Å². The number of hydrogen-bond acceptors (Lipinski definition) is 5. The number of nitrogens with one attached hydrogen (secondary N) is 2. The Kier molecular flexibility index (Phi) is 8.41. The van der Waals surface area contributed by atoms with Crippen molar-refractivity contribution in [2.24, 2.45) is 10.9 Å². The molecule has 3 rings (SSSR count). The third kappa shape index (κ3) is 6.35. The molecule has 2 atom stereocenters. The van der Waals surface area contributed by atoms with Crippen LogP contribution >= 0.6 is 35.6 Å². The number of guanidine groups is 1. The highest BCUT2D eigenvalue weighted by molar-refractivity contribution is 14.0. The molecule has 0 amide bonds. The molecule has 7 nitrogen and oxygen atoms in total. The van der Waals surface area contributed by atoms with Crippen LogP contribution in [0.25, 0.3) is 0 Å². The Bertz CT molecular complexity index is 761. The second-order valence-electron chi connectivity index (χ2n) is 6.87. The normalized spacial score (nSPS) is 24.5. The number of sulfone groups is 1. The molecular weight excluding hydrogens is 501 g/mol. The SMILES string of the molecule is CCNC(=NCC1CCS(=O)(=O)C1)NC1CCN(c2ncccc2Cl)C1.I. The van der Waals surface area contributed by atoms with Crippen molar-refractivity contribution < 1.29 is 8.42 Å². The van der Waals surface area contributed by atoms with Crippen molar-refractivity contribution in [3.8, 4) is 0 Å². The van der Waals surface area contributed by atoms with Gasteiger partial charge in [0.05, 0.1) is 16.5 Å².